The van der Waals surface area contributed by atoms with Crippen LogP contribution < -0.4 is 8.92 Å². The summed E-state index contributed by atoms with van der Waals surface area (Å²) in [5.41, 5.74) is -1.57. The van der Waals surface area contributed by atoms with Gasteiger partial charge in [-0.3, -0.25) is 4.79 Å². The molecule has 0 radical (unpaired) electrons. The van der Waals surface area contributed by atoms with E-state index in [0.29, 0.717) is 0 Å². The van der Waals surface area contributed by atoms with Crippen LogP contribution in [0.5, 0.6) is 11.5 Å². The van der Waals surface area contributed by atoms with E-state index >= 15 is 0 Å². The second-order valence-corrected chi connectivity index (χ2v) is 4.26. The zero-order chi connectivity index (χ0) is 10.2. The third-order valence-corrected chi connectivity index (χ3v) is 2.88. The molecule has 0 N–H and O–H groups in total. The number of hydrogen-bond acceptors (Lipinski definition) is 5. The van der Waals surface area contributed by atoms with E-state index in [9.17, 15) is 13.2 Å². The molecule has 0 amide bonds. The van der Waals surface area contributed by atoms with Crippen LogP contribution >= 0.6 is 0 Å². The first-order valence-electron chi connectivity index (χ1n) is 3.78. The summed E-state index contributed by atoms with van der Waals surface area (Å²) in [6.07, 6.45) is 0.186. The minimum Gasteiger partial charge on any atom is -0.459 e. The van der Waals surface area contributed by atoms with Gasteiger partial charge in [-0.1, -0.05) is 12.1 Å². The molecule has 1 heterocycles. The fraction of sp³-hybridized carbons (Fsp3) is 0.125. The third kappa shape index (κ3) is 1.33. The number of rotatable bonds is 1. The lowest BCUT2D eigenvalue weighted by atomic mass is 10.3. The van der Waals surface area contributed by atoms with Gasteiger partial charge in [0.1, 0.15) is 0 Å². The van der Waals surface area contributed by atoms with E-state index in [1.807, 2.05) is 0 Å². The second kappa shape index (κ2) is 2.98. The van der Waals surface area contributed by atoms with Crippen molar-refractivity contribution in [3.05, 3.63) is 24.3 Å². The second-order valence-electron chi connectivity index (χ2n) is 2.65. The summed E-state index contributed by atoms with van der Waals surface area (Å²) < 4.78 is 31.9. The van der Waals surface area contributed by atoms with Crippen LogP contribution in [0.4, 0.5) is 0 Å². The lowest BCUT2D eigenvalue weighted by Crippen LogP contribution is -2.36. The van der Waals surface area contributed by atoms with E-state index in [1.54, 1.807) is 12.1 Å². The summed E-state index contributed by atoms with van der Waals surface area (Å²) in [7, 11) is -3.98. The van der Waals surface area contributed by atoms with Crippen molar-refractivity contribution in [3.63, 3.8) is 0 Å². The summed E-state index contributed by atoms with van der Waals surface area (Å²) >= 11 is 0. The van der Waals surface area contributed by atoms with E-state index in [1.165, 1.54) is 12.1 Å². The maximum Gasteiger partial charge on any atom is 0.355 e. The molecular weight excluding hydrogens is 208 g/mol. The van der Waals surface area contributed by atoms with Crippen LogP contribution in [0, 0.1) is 0 Å². The highest BCUT2D eigenvalue weighted by molar-refractivity contribution is 7.88. The first-order chi connectivity index (χ1) is 6.63. The van der Waals surface area contributed by atoms with Gasteiger partial charge in [0.2, 0.25) is 0 Å². The third-order valence-electron chi connectivity index (χ3n) is 1.69. The number of hydrogen-bond donors (Lipinski definition) is 0. The van der Waals surface area contributed by atoms with Crippen LogP contribution in [0.1, 0.15) is 0 Å². The Kier molecular flexibility index (Phi) is 1.92. The van der Waals surface area contributed by atoms with Crippen molar-refractivity contribution in [1.29, 1.82) is 0 Å². The number of fused-ring (bicyclic) bond motifs is 1. The van der Waals surface area contributed by atoms with Crippen molar-refractivity contribution in [2.75, 3.05) is 0 Å². The lowest BCUT2D eigenvalue weighted by Gasteiger charge is -2.21. The van der Waals surface area contributed by atoms with Crippen LogP contribution in [0.2, 0.25) is 0 Å². The molecule has 5 nitrogen and oxygen atoms in total. The average Bonchev–Trinajstić information content (AvgIpc) is 2.15. The molecule has 0 aromatic heterocycles. The molecule has 1 aliphatic heterocycles. The van der Waals surface area contributed by atoms with Crippen molar-refractivity contribution in [3.8, 4) is 11.5 Å². The van der Waals surface area contributed by atoms with Crippen molar-refractivity contribution >= 4 is 16.4 Å². The van der Waals surface area contributed by atoms with Crippen LogP contribution in [-0.2, 0) is 14.9 Å². The quantitative estimate of drug-likeness (QED) is 0.497. The predicted molar refractivity (Wildman–Crippen MR) is 46.5 cm³/mol. The molecular formula is C8H6O5S. The molecule has 0 bridgehead atoms. The molecule has 0 spiro atoms. The molecule has 0 aliphatic carbocycles. The number of ether oxygens (including phenoxy) is 1. The molecule has 1 aliphatic rings. The summed E-state index contributed by atoms with van der Waals surface area (Å²) in [6.45, 7) is 0. The first-order valence-corrected chi connectivity index (χ1v) is 5.25. The Morgan fingerprint density at radius 2 is 1.86 bits per heavy atom. The number of benzene rings is 1. The molecule has 2 rings (SSSR count). The summed E-state index contributed by atoms with van der Waals surface area (Å²) in [6, 6.07) is 6.25. The Balaban J connectivity index is 2.50. The SMILES string of the molecule is O=CC1Oc2ccccc2OS1(=O)=O. The van der Waals surface area contributed by atoms with Crippen LogP contribution in [0.15, 0.2) is 24.3 Å². The molecule has 0 saturated carbocycles. The zero-order valence-corrected chi connectivity index (χ0v) is 7.73. The highest BCUT2D eigenvalue weighted by Crippen LogP contribution is 2.33. The molecule has 74 valence electrons. The van der Waals surface area contributed by atoms with E-state index in [0.717, 1.165) is 0 Å². The van der Waals surface area contributed by atoms with Crippen molar-refractivity contribution in [2.24, 2.45) is 0 Å². The standard InChI is InChI=1S/C8H6O5S/c9-5-8-12-6-3-1-2-4-7(6)13-14(8,10)11/h1-5,8H. The summed E-state index contributed by atoms with van der Waals surface area (Å²) in [4.78, 5) is 10.4. The minimum absolute atomic E-state index is 0.102. The van der Waals surface area contributed by atoms with E-state index in [4.69, 9.17) is 4.74 Å². The Labute approximate surface area is 80.4 Å². The summed E-state index contributed by atoms with van der Waals surface area (Å²) in [5.74, 6) is 0.352. The fourth-order valence-electron chi connectivity index (χ4n) is 1.07. The molecule has 1 unspecified atom stereocenters. The van der Waals surface area contributed by atoms with Crippen LogP contribution in [-0.4, -0.2) is 20.1 Å². The van der Waals surface area contributed by atoms with Gasteiger partial charge < -0.3 is 8.92 Å². The van der Waals surface area contributed by atoms with Crippen molar-refractivity contribution < 1.29 is 22.1 Å². The lowest BCUT2D eigenvalue weighted by molar-refractivity contribution is -0.111. The maximum atomic E-state index is 11.2. The highest BCUT2D eigenvalue weighted by atomic mass is 32.2. The van der Waals surface area contributed by atoms with Gasteiger partial charge >= 0.3 is 10.1 Å². The van der Waals surface area contributed by atoms with E-state index < -0.39 is 15.6 Å². The van der Waals surface area contributed by atoms with E-state index in [2.05, 4.69) is 4.18 Å². The number of carbonyl (C=O) groups excluding carboxylic acids is 1. The topological polar surface area (TPSA) is 69.7 Å². The van der Waals surface area contributed by atoms with Crippen LogP contribution in [0.25, 0.3) is 0 Å². The van der Waals surface area contributed by atoms with Gasteiger partial charge in [-0.15, -0.1) is 0 Å². The normalized spacial score (nSPS) is 22.7. The molecule has 1 atom stereocenters. The molecule has 6 heteroatoms. The van der Waals surface area contributed by atoms with Gasteiger partial charge in [0, 0.05) is 0 Å². The molecule has 1 aromatic carbocycles. The average molecular weight is 214 g/mol. The largest absolute Gasteiger partial charge is 0.459 e. The first kappa shape index (κ1) is 9.01. The molecule has 1 aromatic rings. The van der Waals surface area contributed by atoms with Gasteiger partial charge in [0.25, 0.3) is 5.44 Å². The van der Waals surface area contributed by atoms with Gasteiger partial charge in [-0.25, -0.2) is 0 Å². The minimum atomic E-state index is -3.98. The Morgan fingerprint density at radius 1 is 1.21 bits per heavy atom. The summed E-state index contributed by atoms with van der Waals surface area (Å²) in [5, 5.41) is 0. The highest BCUT2D eigenvalue weighted by Gasteiger charge is 2.35. The Hall–Kier alpha value is -1.56. The number of para-hydroxylation sites is 2. The van der Waals surface area contributed by atoms with Gasteiger partial charge in [0.05, 0.1) is 0 Å². The Bertz CT molecular complexity index is 464. The smallest absolute Gasteiger partial charge is 0.355 e. The zero-order valence-electron chi connectivity index (χ0n) is 6.91. The van der Waals surface area contributed by atoms with Crippen LogP contribution in [0.3, 0.4) is 0 Å². The van der Waals surface area contributed by atoms with E-state index in [-0.39, 0.29) is 17.8 Å². The van der Waals surface area contributed by atoms with Crippen molar-refractivity contribution in [1.82, 2.24) is 0 Å². The molecule has 14 heavy (non-hydrogen) atoms. The Morgan fingerprint density at radius 3 is 2.50 bits per heavy atom. The monoisotopic (exact) mass is 214 g/mol. The fourth-order valence-corrected chi connectivity index (χ4v) is 1.91. The number of aldehydes is 1. The molecule has 0 fully saturated rings. The van der Waals surface area contributed by atoms with Gasteiger partial charge in [0.15, 0.2) is 17.8 Å². The van der Waals surface area contributed by atoms with Gasteiger partial charge in [-0.2, -0.15) is 8.42 Å². The molecule has 0 saturated heterocycles. The predicted octanol–water partition coefficient (Wildman–Crippen LogP) is 0.313. The van der Waals surface area contributed by atoms with Crippen molar-refractivity contribution in [2.45, 2.75) is 5.44 Å². The van der Waals surface area contributed by atoms with Gasteiger partial charge in [-0.05, 0) is 12.1 Å². The number of carbonyl (C=O) groups is 1. The maximum absolute atomic E-state index is 11.2.